The van der Waals surface area contributed by atoms with Crippen LogP contribution in [0.5, 0.6) is 0 Å². The summed E-state index contributed by atoms with van der Waals surface area (Å²) in [6.07, 6.45) is 1.15. The van der Waals surface area contributed by atoms with E-state index in [1.807, 2.05) is 19.1 Å². The minimum atomic E-state index is -0.426. The molecular weight excluding hydrogens is 372 g/mol. The highest BCUT2D eigenvalue weighted by atomic mass is 16.6. The first-order valence-electron chi connectivity index (χ1n) is 9.63. The highest BCUT2D eigenvalue weighted by Crippen LogP contribution is 2.18. The van der Waals surface area contributed by atoms with Crippen LogP contribution >= 0.6 is 0 Å². The summed E-state index contributed by atoms with van der Waals surface area (Å²) < 4.78 is 0. The average Bonchev–Trinajstić information content (AvgIpc) is 2.72. The molecule has 0 aliphatic carbocycles. The van der Waals surface area contributed by atoms with Crippen molar-refractivity contribution in [3.63, 3.8) is 0 Å². The normalized spacial score (nSPS) is 13.6. The molecule has 2 aromatic carbocycles. The number of hydrogen-bond donors (Lipinski definition) is 2. The van der Waals surface area contributed by atoms with Gasteiger partial charge in [-0.2, -0.15) is 0 Å². The Labute approximate surface area is 171 Å². The minimum Gasteiger partial charge on any atom is -0.324 e. The predicted octanol–water partition coefficient (Wildman–Crippen LogP) is 4.91. The van der Waals surface area contributed by atoms with E-state index in [-0.39, 0.29) is 28.4 Å². The summed E-state index contributed by atoms with van der Waals surface area (Å²) in [5, 5.41) is 24.2. The van der Waals surface area contributed by atoms with E-state index in [1.165, 1.54) is 12.1 Å². The first-order valence-corrected chi connectivity index (χ1v) is 9.63. The lowest BCUT2D eigenvalue weighted by Gasteiger charge is -2.17. The zero-order chi connectivity index (χ0) is 22.0. The largest absolute Gasteiger partial charge is 0.324 e. The number of nitro groups is 2. The number of benzene rings is 2. The second-order valence-corrected chi connectivity index (χ2v) is 7.13. The van der Waals surface area contributed by atoms with Crippen molar-refractivity contribution in [1.82, 2.24) is 5.32 Å². The van der Waals surface area contributed by atoms with Gasteiger partial charge in [-0.05, 0) is 37.4 Å². The fraction of sp³-hybridized carbons (Fsp3) is 0.429. The zero-order valence-corrected chi connectivity index (χ0v) is 17.4. The van der Waals surface area contributed by atoms with Gasteiger partial charge in [0.15, 0.2) is 0 Å². The summed E-state index contributed by atoms with van der Waals surface area (Å²) in [6.45, 7) is 9.25. The quantitative estimate of drug-likeness (QED) is 0.478. The maximum atomic E-state index is 10.5. The summed E-state index contributed by atoms with van der Waals surface area (Å²) in [5.41, 5.74) is 7.79. The van der Waals surface area contributed by atoms with Crippen molar-refractivity contribution in [3.8, 4) is 0 Å². The molecule has 2 rings (SSSR count). The van der Waals surface area contributed by atoms with Gasteiger partial charge in [0.2, 0.25) is 0 Å². The molecule has 0 fully saturated rings. The summed E-state index contributed by atoms with van der Waals surface area (Å²) >= 11 is 0. The van der Waals surface area contributed by atoms with Crippen LogP contribution in [-0.4, -0.2) is 16.4 Å². The molecule has 0 aliphatic heterocycles. The van der Waals surface area contributed by atoms with Crippen LogP contribution in [0.25, 0.3) is 0 Å². The molecular formula is C21H30N4O4. The van der Waals surface area contributed by atoms with Crippen LogP contribution in [-0.2, 0) is 0 Å². The molecule has 0 aromatic heterocycles. The molecule has 0 bridgehead atoms. The molecule has 8 nitrogen and oxygen atoms in total. The number of nitrogens with two attached hydrogens (primary N) is 1. The lowest BCUT2D eigenvalue weighted by molar-refractivity contribution is -0.385. The van der Waals surface area contributed by atoms with Gasteiger partial charge in [0.05, 0.1) is 9.85 Å². The molecule has 29 heavy (non-hydrogen) atoms. The number of nitrogens with zero attached hydrogens (tertiary/aromatic N) is 2. The van der Waals surface area contributed by atoms with Crippen LogP contribution in [0.1, 0.15) is 57.3 Å². The maximum Gasteiger partial charge on any atom is 0.269 e. The predicted molar refractivity (Wildman–Crippen MR) is 115 cm³/mol. The van der Waals surface area contributed by atoms with Crippen molar-refractivity contribution >= 4 is 11.4 Å². The van der Waals surface area contributed by atoms with Crippen LogP contribution in [0.4, 0.5) is 11.4 Å². The summed E-state index contributed by atoms with van der Waals surface area (Å²) in [7, 11) is 0. The van der Waals surface area contributed by atoms with Crippen molar-refractivity contribution in [3.05, 3.63) is 79.9 Å². The molecule has 0 amide bonds. The summed E-state index contributed by atoms with van der Waals surface area (Å²) in [5.74, 6) is 0.649. The Bertz CT molecular complexity index is 776. The van der Waals surface area contributed by atoms with Gasteiger partial charge in [-0.3, -0.25) is 20.2 Å². The Morgan fingerprint density at radius 1 is 0.862 bits per heavy atom. The molecule has 0 heterocycles. The average molecular weight is 402 g/mol. The molecule has 0 radical (unpaired) electrons. The minimum absolute atomic E-state index is 0.0780. The zero-order valence-electron chi connectivity index (χ0n) is 17.4. The third-order valence-electron chi connectivity index (χ3n) is 4.70. The van der Waals surface area contributed by atoms with Crippen molar-refractivity contribution in [2.24, 2.45) is 11.7 Å². The highest BCUT2D eigenvalue weighted by molar-refractivity contribution is 5.34. The van der Waals surface area contributed by atoms with E-state index >= 15 is 0 Å². The van der Waals surface area contributed by atoms with Crippen molar-refractivity contribution in [1.29, 1.82) is 0 Å². The molecule has 2 aromatic rings. The SMILES string of the molecule is CCC(C)CN[C@H](C)c1ccc([N+](=O)[O-])cc1.C[C@@H](N)c1ccc([N+](=O)[O-])cc1. The van der Waals surface area contributed by atoms with Crippen molar-refractivity contribution in [2.75, 3.05) is 6.54 Å². The Hall–Kier alpha value is -2.84. The Kier molecular flexibility index (Phi) is 9.91. The van der Waals surface area contributed by atoms with E-state index in [9.17, 15) is 20.2 Å². The smallest absolute Gasteiger partial charge is 0.269 e. The van der Waals surface area contributed by atoms with Crippen molar-refractivity contribution in [2.45, 2.75) is 46.2 Å². The lowest BCUT2D eigenvalue weighted by atomic mass is 10.1. The second kappa shape index (κ2) is 11.9. The molecule has 3 N–H and O–H groups in total. The molecule has 3 atom stereocenters. The van der Waals surface area contributed by atoms with E-state index in [2.05, 4.69) is 26.1 Å². The van der Waals surface area contributed by atoms with E-state index in [1.54, 1.807) is 24.3 Å². The van der Waals surface area contributed by atoms with Gasteiger partial charge in [0.1, 0.15) is 0 Å². The van der Waals surface area contributed by atoms with E-state index in [4.69, 9.17) is 5.73 Å². The first-order chi connectivity index (χ1) is 13.6. The number of rotatable bonds is 8. The van der Waals surface area contributed by atoms with Gasteiger partial charge < -0.3 is 11.1 Å². The van der Waals surface area contributed by atoms with Crippen molar-refractivity contribution < 1.29 is 9.85 Å². The summed E-state index contributed by atoms with van der Waals surface area (Å²) in [4.78, 5) is 20.0. The molecule has 0 aliphatic rings. The molecule has 0 saturated heterocycles. The van der Waals surface area contributed by atoms with Gasteiger partial charge >= 0.3 is 0 Å². The topological polar surface area (TPSA) is 124 Å². The molecule has 0 spiro atoms. The van der Waals surface area contributed by atoms with Crippen LogP contribution in [0.15, 0.2) is 48.5 Å². The monoisotopic (exact) mass is 402 g/mol. The Balaban J connectivity index is 0.000000308. The highest BCUT2D eigenvalue weighted by Gasteiger charge is 2.09. The standard InChI is InChI=1S/C13H20N2O2.C8H10N2O2/c1-4-10(2)9-14-11(3)12-5-7-13(8-6-12)15(16)17;1-6(9)7-2-4-8(5-3-7)10(11)12/h5-8,10-11,14H,4,9H2,1-3H3;2-6H,9H2,1H3/t10?,11-;6-/m11/s1. The first kappa shape index (κ1) is 24.2. The van der Waals surface area contributed by atoms with Gasteiger partial charge in [-0.15, -0.1) is 0 Å². The van der Waals surface area contributed by atoms with Crippen LogP contribution < -0.4 is 11.1 Å². The van der Waals surface area contributed by atoms with Crippen LogP contribution in [0, 0.1) is 26.1 Å². The van der Waals surface area contributed by atoms with Gasteiger partial charge in [0, 0.05) is 36.3 Å². The van der Waals surface area contributed by atoms with E-state index in [0.29, 0.717) is 5.92 Å². The Morgan fingerprint density at radius 3 is 1.62 bits per heavy atom. The van der Waals surface area contributed by atoms with Crippen LogP contribution in [0.2, 0.25) is 0 Å². The maximum absolute atomic E-state index is 10.5. The van der Waals surface area contributed by atoms with E-state index in [0.717, 1.165) is 24.1 Å². The molecule has 0 saturated carbocycles. The number of nitrogens with one attached hydrogen (secondary N) is 1. The fourth-order valence-electron chi connectivity index (χ4n) is 2.42. The van der Waals surface area contributed by atoms with Crippen LogP contribution in [0.3, 0.4) is 0 Å². The van der Waals surface area contributed by atoms with Gasteiger partial charge in [0.25, 0.3) is 11.4 Å². The molecule has 1 unspecified atom stereocenters. The third kappa shape index (κ3) is 8.37. The number of nitro benzene ring substituents is 2. The Morgan fingerprint density at radius 2 is 1.28 bits per heavy atom. The number of non-ortho nitro benzene ring substituents is 2. The van der Waals surface area contributed by atoms with E-state index < -0.39 is 4.92 Å². The third-order valence-corrected chi connectivity index (χ3v) is 4.70. The summed E-state index contributed by atoms with van der Waals surface area (Å²) in [6, 6.07) is 13.1. The van der Waals surface area contributed by atoms with Gasteiger partial charge in [-0.25, -0.2) is 0 Å². The van der Waals surface area contributed by atoms with Gasteiger partial charge in [-0.1, -0.05) is 44.5 Å². The lowest BCUT2D eigenvalue weighted by Crippen LogP contribution is -2.24. The molecule has 8 heteroatoms. The second-order valence-electron chi connectivity index (χ2n) is 7.13. The number of hydrogen-bond acceptors (Lipinski definition) is 6. The molecule has 158 valence electrons. The fourth-order valence-corrected chi connectivity index (χ4v) is 2.42.